The molecule has 0 spiro atoms. The van der Waals surface area contributed by atoms with Gasteiger partial charge in [-0.05, 0) is 76.8 Å². The first-order valence-corrected chi connectivity index (χ1v) is 23.0. The lowest BCUT2D eigenvalue weighted by Gasteiger charge is -2.17. The molecule has 0 fully saturated rings. The van der Waals surface area contributed by atoms with E-state index in [9.17, 15) is 18.4 Å². The van der Waals surface area contributed by atoms with Crippen LogP contribution in [-0.4, -0.2) is 36.0 Å². The largest absolute Gasteiger partial charge is 0.618 e. The molecule has 0 aliphatic rings. The fraction of sp³-hybridized carbons (Fsp3) is 0.739. The van der Waals surface area contributed by atoms with Crippen LogP contribution in [0.25, 0.3) is 22.2 Å². The van der Waals surface area contributed by atoms with Gasteiger partial charge >= 0.3 is 6.18 Å². The molecule has 7 nitrogen and oxygen atoms in total. The first-order chi connectivity index (χ1) is 27.4. The number of rotatable bonds is 29. The Morgan fingerprint density at radius 1 is 0.690 bits per heavy atom. The van der Waals surface area contributed by atoms with Crippen LogP contribution in [0.15, 0.2) is 24.4 Å². The van der Waals surface area contributed by atoms with Crippen molar-refractivity contribution in [1.29, 1.82) is 0 Å². The van der Waals surface area contributed by atoms with Crippen molar-refractivity contribution in [3.05, 3.63) is 44.7 Å². The summed E-state index contributed by atoms with van der Waals surface area (Å²) in [7, 11) is 0. The van der Waals surface area contributed by atoms with Gasteiger partial charge in [-0.25, -0.2) is 9.07 Å². The van der Waals surface area contributed by atoms with E-state index in [-0.39, 0.29) is 36.1 Å². The Kier molecular flexibility index (Phi) is 22.1. The molecule has 0 bridgehead atoms. The van der Waals surface area contributed by atoms with Crippen molar-refractivity contribution in [2.75, 3.05) is 20.0 Å². The Bertz CT molecular complexity index is 1620. The number of hydrogen-bond donors (Lipinski definition) is 0. The number of unbranched alkanes of at least 4 members (excludes halogenated alkanes) is 16. The van der Waals surface area contributed by atoms with Gasteiger partial charge in [0.1, 0.15) is 10.4 Å². The van der Waals surface area contributed by atoms with Crippen molar-refractivity contribution in [1.82, 2.24) is 9.78 Å². The SMILES string of the molecule is CC(C)(C)CCCCCCCCCCCOCOc1cc(CC(F)(F)F)c(-c2cc3c(c[n+]2[O-])c(I)nn3COCCCCCCCCCCCC(C)(C)C)cc1F. The molecule has 0 saturated carbocycles. The zero-order valence-electron chi connectivity index (χ0n) is 36.4. The van der Waals surface area contributed by atoms with Gasteiger partial charge < -0.3 is 19.4 Å². The summed E-state index contributed by atoms with van der Waals surface area (Å²) < 4.78 is 76.3. The van der Waals surface area contributed by atoms with E-state index in [1.165, 1.54) is 102 Å². The maximum Gasteiger partial charge on any atom is 0.393 e. The highest BCUT2D eigenvalue weighted by molar-refractivity contribution is 14.1. The van der Waals surface area contributed by atoms with E-state index >= 15 is 4.39 Å². The van der Waals surface area contributed by atoms with Crippen molar-refractivity contribution in [3.63, 3.8) is 0 Å². The second kappa shape index (κ2) is 25.6. The maximum atomic E-state index is 15.4. The number of halogens is 5. The molecule has 0 radical (unpaired) electrons. The number of hydrogen-bond acceptors (Lipinski definition) is 5. The molecule has 2 heterocycles. The molecule has 330 valence electrons. The summed E-state index contributed by atoms with van der Waals surface area (Å²) in [4.78, 5) is 0. The third kappa shape index (κ3) is 20.4. The Hall–Kier alpha value is -2.19. The molecular formula is C46H72F4IN3O4. The zero-order chi connectivity index (χ0) is 42.6. The van der Waals surface area contributed by atoms with Crippen LogP contribution >= 0.6 is 22.6 Å². The van der Waals surface area contributed by atoms with Gasteiger partial charge in [-0.15, -0.1) is 0 Å². The maximum absolute atomic E-state index is 15.4. The van der Waals surface area contributed by atoms with Crippen LogP contribution in [0, 0.1) is 25.6 Å². The van der Waals surface area contributed by atoms with E-state index in [4.69, 9.17) is 14.2 Å². The number of aromatic nitrogens is 3. The minimum atomic E-state index is -4.61. The third-order valence-corrected chi connectivity index (χ3v) is 11.3. The number of nitrogens with zero attached hydrogens (tertiary/aromatic N) is 3. The Morgan fingerprint density at radius 3 is 1.67 bits per heavy atom. The van der Waals surface area contributed by atoms with Gasteiger partial charge in [0.15, 0.2) is 24.6 Å². The molecule has 0 amide bonds. The van der Waals surface area contributed by atoms with Gasteiger partial charge in [0.2, 0.25) is 5.69 Å². The summed E-state index contributed by atoms with van der Waals surface area (Å²) in [5.41, 5.74) is 0.764. The lowest BCUT2D eigenvalue weighted by Crippen LogP contribution is -2.29. The van der Waals surface area contributed by atoms with E-state index in [0.29, 0.717) is 43.4 Å². The van der Waals surface area contributed by atoms with Crippen LogP contribution in [0.5, 0.6) is 5.75 Å². The molecule has 0 aliphatic carbocycles. The normalized spacial score (nSPS) is 12.6. The summed E-state index contributed by atoms with van der Waals surface area (Å²) in [5, 5.41) is 18.3. The predicted octanol–water partition coefficient (Wildman–Crippen LogP) is 14.4. The average molecular weight is 934 g/mol. The van der Waals surface area contributed by atoms with Crippen LogP contribution in [0.4, 0.5) is 17.6 Å². The van der Waals surface area contributed by atoms with Crippen LogP contribution in [0.2, 0.25) is 0 Å². The highest BCUT2D eigenvalue weighted by atomic mass is 127. The topological polar surface area (TPSA) is 72.5 Å². The Morgan fingerprint density at radius 2 is 1.17 bits per heavy atom. The number of fused-ring (bicyclic) bond motifs is 1. The van der Waals surface area contributed by atoms with Crippen molar-refractivity contribution in [2.24, 2.45) is 10.8 Å². The van der Waals surface area contributed by atoms with Crippen molar-refractivity contribution >= 4 is 33.5 Å². The van der Waals surface area contributed by atoms with Gasteiger partial charge in [0.25, 0.3) is 0 Å². The Balaban J connectivity index is 1.48. The van der Waals surface area contributed by atoms with Gasteiger partial charge in [-0.2, -0.15) is 23.0 Å². The minimum absolute atomic E-state index is 0.116. The van der Waals surface area contributed by atoms with Crippen LogP contribution in [0.3, 0.4) is 0 Å². The van der Waals surface area contributed by atoms with E-state index in [1.807, 2.05) is 22.6 Å². The fourth-order valence-corrected chi connectivity index (χ4v) is 7.90. The molecule has 0 atom stereocenters. The quantitative estimate of drug-likeness (QED) is 0.0173. The summed E-state index contributed by atoms with van der Waals surface area (Å²) in [6.07, 6.45) is 19.1. The third-order valence-electron chi connectivity index (χ3n) is 10.5. The average Bonchev–Trinajstić information content (AvgIpc) is 3.42. The van der Waals surface area contributed by atoms with E-state index in [0.717, 1.165) is 50.7 Å². The first kappa shape index (κ1) is 50.2. The highest BCUT2D eigenvalue weighted by Gasteiger charge is 2.32. The zero-order valence-corrected chi connectivity index (χ0v) is 38.5. The van der Waals surface area contributed by atoms with Crippen molar-refractivity contribution in [2.45, 2.75) is 189 Å². The minimum Gasteiger partial charge on any atom is -0.618 e. The molecule has 12 heteroatoms. The molecule has 3 rings (SSSR count). The summed E-state index contributed by atoms with van der Waals surface area (Å²) >= 11 is 2.01. The number of pyridine rings is 1. The lowest BCUT2D eigenvalue weighted by atomic mass is 9.89. The van der Waals surface area contributed by atoms with Crippen molar-refractivity contribution in [3.8, 4) is 17.0 Å². The van der Waals surface area contributed by atoms with Gasteiger partial charge in [-0.1, -0.05) is 144 Å². The fourth-order valence-electron chi connectivity index (χ4n) is 7.22. The number of alkyl halides is 3. The summed E-state index contributed by atoms with van der Waals surface area (Å²) in [6, 6.07) is 3.41. The molecule has 0 N–H and O–H groups in total. The molecule has 0 aliphatic heterocycles. The molecule has 2 aromatic heterocycles. The molecule has 1 aromatic carbocycles. The Labute approximate surface area is 360 Å². The molecule has 3 aromatic rings. The molecule has 0 unspecified atom stereocenters. The molecule has 58 heavy (non-hydrogen) atoms. The van der Waals surface area contributed by atoms with Crippen LogP contribution < -0.4 is 9.47 Å². The predicted molar refractivity (Wildman–Crippen MR) is 235 cm³/mol. The van der Waals surface area contributed by atoms with Crippen LogP contribution in [0.1, 0.15) is 176 Å². The van der Waals surface area contributed by atoms with Crippen molar-refractivity contribution < 1.29 is 36.5 Å². The van der Waals surface area contributed by atoms with Gasteiger partial charge in [0.05, 0.1) is 29.5 Å². The standard InChI is InChI=1S/C46H72F4IN3O4/c1-44(2,3)25-21-17-13-9-7-11-15-19-23-27-56-34-53-40-31-41(54(55)33-38(40)43(51)52-53)37-30-39(47)42(29-36(37)32-46(48,49)50)58-35-57-28-24-20-16-12-8-10-14-18-22-26-45(4,5)6/h29-31,33H,7-28,32,34-35H2,1-6H3. The monoisotopic (exact) mass is 933 g/mol. The number of benzene rings is 1. The second-order valence-electron chi connectivity index (χ2n) is 18.5. The smallest absolute Gasteiger partial charge is 0.393 e. The molecular weight excluding hydrogens is 861 g/mol. The van der Waals surface area contributed by atoms with E-state index in [2.05, 4.69) is 46.6 Å². The second-order valence-corrected chi connectivity index (χ2v) is 19.5. The van der Waals surface area contributed by atoms with E-state index in [1.54, 1.807) is 4.68 Å². The lowest BCUT2D eigenvalue weighted by molar-refractivity contribution is -0.592. The van der Waals surface area contributed by atoms with Crippen LogP contribution in [-0.2, 0) is 22.6 Å². The van der Waals surface area contributed by atoms with Gasteiger partial charge in [0, 0.05) is 12.7 Å². The highest BCUT2D eigenvalue weighted by Crippen LogP contribution is 2.35. The van der Waals surface area contributed by atoms with E-state index < -0.39 is 18.4 Å². The first-order valence-electron chi connectivity index (χ1n) is 21.9. The summed E-state index contributed by atoms with van der Waals surface area (Å²) in [6.45, 7) is 14.5. The molecule has 0 saturated heterocycles. The number of ether oxygens (including phenoxy) is 3. The summed E-state index contributed by atoms with van der Waals surface area (Å²) in [5.74, 6) is -1.24. The van der Waals surface area contributed by atoms with Gasteiger partial charge in [-0.3, -0.25) is 0 Å².